The second kappa shape index (κ2) is 16.8. The Labute approximate surface area is 445 Å². The Hall–Kier alpha value is -9.33. The van der Waals surface area contributed by atoms with Gasteiger partial charge in [0, 0.05) is 67.8 Å². The van der Waals surface area contributed by atoms with Crippen molar-refractivity contribution in [2.75, 3.05) is 0 Å². The highest BCUT2D eigenvalue weighted by Gasteiger charge is 2.46. The Morgan fingerprint density at radius 2 is 0.842 bits per heavy atom. The summed E-state index contributed by atoms with van der Waals surface area (Å²) in [6, 6.07) is 89.9. The lowest BCUT2D eigenvalue weighted by Crippen LogP contribution is -2.28. The highest BCUT2D eigenvalue weighted by atomic mass is 32.1. The van der Waals surface area contributed by atoms with Gasteiger partial charge in [0.1, 0.15) is 11.2 Å². The molecule has 76 heavy (non-hydrogen) atoms. The number of thiophene rings is 2. The molecule has 0 radical (unpaired) electrons. The molecule has 0 aliphatic heterocycles. The van der Waals surface area contributed by atoms with E-state index in [1.54, 1.807) is 22.7 Å². The van der Waals surface area contributed by atoms with Gasteiger partial charge in [-0.15, -0.1) is 22.7 Å². The van der Waals surface area contributed by atoms with Crippen LogP contribution in [0.4, 0.5) is 0 Å². The fourth-order valence-corrected chi connectivity index (χ4v) is 14.7. The number of rotatable bonds is 7. The minimum atomic E-state index is -0.462. The van der Waals surface area contributed by atoms with E-state index in [0.29, 0.717) is 17.5 Å². The van der Waals surface area contributed by atoms with Crippen LogP contribution in [0.15, 0.2) is 253 Å². The summed E-state index contributed by atoms with van der Waals surface area (Å²) < 4.78 is 11.5. The highest BCUT2D eigenvalue weighted by Crippen LogP contribution is 2.58. The van der Waals surface area contributed by atoms with E-state index >= 15 is 0 Å². The molecule has 0 unspecified atom stereocenters. The van der Waals surface area contributed by atoms with E-state index in [1.807, 2.05) is 12.1 Å². The van der Waals surface area contributed by atoms with E-state index in [4.69, 9.17) is 19.4 Å². The van der Waals surface area contributed by atoms with Crippen molar-refractivity contribution in [3.05, 3.63) is 271 Å². The molecular weight excluding hydrogens is 963 g/mol. The van der Waals surface area contributed by atoms with Crippen LogP contribution in [0.5, 0.6) is 0 Å². The average molecular weight is 1000 g/mol. The Bertz CT molecular complexity index is 4780. The van der Waals surface area contributed by atoms with Crippen molar-refractivity contribution in [2.45, 2.75) is 5.41 Å². The summed E-state index contributed by atoms with van der Waals surface area (Å²) in [7, 11) is 0. The fraction of sp³-hybridized carbons (Fsp3) is 0.0143. The molecule has 0 N–H and O–H groups in total. The Balaban J connectivity index is 0.845. The molecule has 15 aromatic rings. The Morgan fingerprint density at radius 1 is 0.316 bits per heavy atom. The van der Waals surface area contributed by atoms with Crippen molar-refractivity contribution in [3.8, 4) is 67.5 Å². The molecule has 0 atom stereocenters. The van der Waals surface area contributed by atoms with Crippen LogP contribution < -0.4 is 0 Å². The molecule has 0 spiro atoms. The maximum Gasteiger partial charge on any atom is 0.165 e. The molecule has 0 saturated heterocycles. The van der Waals surface area contributed by atoms with Crippen LogP contribution in [0.1, 0.15) is 22.3 Å². The first-order chi connectivity index (χ1) is 37.7. The zero-order chi connectivity index (χ0) is 49.9. The number of benzene rings is 11. The number of aromatic nitrogens is 3. The third-order valence-corrected chi connectivity index (χ3v) is 18.0. The normalized spacial score (nSPS) is 12.8. The van der Waals surface area contributed by atoms with Gasteiger partial charge < -0.3 is 4.42 Å². The van der Waals surface area contributed by atoms with E-state index in [-0.39, 0.29) is 0 Å². The number of furan rings is 1. The summed E-state index contributed by atoms with van der Waals surface area (Å²) in [5.41, 5.74) is 16.2. The monoisotopic (exact) mass is 1000 g/mol. The Morgan fingerprint density at radius 3 is 1.62 bits per heavy atom. The molecule has 354 valence electrons. The quantitative estimate of drug-likeness (QED) is 0.160. The molecule has 6 heteroatoms. The zero-order valence-corrected chi connectivity index (χ0v) is 42.4. The first-order valence-electron chi connectivity index (χ1n) is 25.7. The van der Waals surface area contributed by atoms with Gasteiger partial charge in [0.25, 0.3) is 0 Å². The van der Waals surface area contributed by atoms with Gasteiger partial charge in [-0.2, -0.15) is 0 Å². The van der Waals surface area contributed by atoms with Crippen LogP contribution in [0.3, 0.4) is 0 Å². The predicted molar refractivity (Wildman–Crippen MR) is 317 cm³/mol. The van der Waals surface area contributed by atoms with E-state index in [1.165, 1.54) is 74.8 Å². The molecule has 0 fully saturated rings. The Kier molecular flexibility index (Phi) is 9.56. The number of fused-ring (bicyclic) bond motifs is 12. The maximum atomic E-state index is 6.68. The second-order valence-electron chi connectivity index (χ2n) is 19.7. The average Bonchev–Trinajstić information content (AvgIpc) is 4.30. The second-order valence-corrected chi connectivity index (χ2v) is 21.8. The van der Waals surface area contributed by atoms with E-state index in [9.17, 15) is 0 Å². The van der Waals surface area contributed by atoms with Crippen molar-refractivity contribution in [3.63, 3.8) is 0 Å². The molecular formula is C70H41N3OS2. The van der Waals surface area contributed by atoms with E-state index < -0.39 is 5.41 Å². The van der Waals surface area contributed by atoms with Crippen LogP contribution in [-0.4, -0.2) is 15.0 Å². The minimum Gasteiger partial charge on any atom is -0.456 e. The van der Waals surface area contributed by atoms with Gasteiger partial charge in [0.2, 0.25) is 0 Å². The van der Waals surface area contributed by atoms with Crippen molar-refractivity contribution < 1.29 is 4.42 Å². The fourth-order valence-electron chi connectivity index (χ4n) is 12.4. The smallest absolute Gasteiger partial charge is 0.165 e. The van der Waals surface area contributed by atoms with Crippen LogP contribution in [-0.2, 0) is 5.41 Å². The molecule has 4 heterocycles. The molecule has 0 bridgehead atoms. The third-order valence-electron chi connectivity index (χ3n) is 15.7. The van der Waals surface area contributed by atoms with Gasteiger partial charge in [-0.05, 0) is 98.1 Å². The molecule has 0 amide bonds. The molecule has 1 aliphatic carbocycles. The zero-order valence-electron chi connectivity index (χ0n) is 40.7. The van der Waals surface area contributed by atoms with Crippen LogP contribution in [0, 0.1) is 0 Å². The van der Waals surface area contributed by atoms with Crippen LogP contribution in [0.2, 0.25) is 0 Å². The lowest BCUT2D eigenvalue weighted by Gasteiger charge is -2.34. The summed E-state index contributed by atoms with van der Waals surface area (Å²) in [4.78, 5) is 16.3. The first-order valence-corrected chi connectivity index (χ1v) is 27.3. The topological polar surface area (TPSA) is 51.8 Å². The van der Waals surface area contributed by atoms with Crippen LogP contribution in [0.25, 0.3) is 130 Å². The van der Waals surface area contributed by atoms with Gasteiger partial charge in [0.05, 0.1) is 5.41 Å². The standard InChI is InChI=1S/C70H41N3OS2/c1-3-17-45(18-4-1)70(46-19-5-2-6-20-46)56-29-10-7-22-50(56)63-47(24-14-30-57(63)70)43-37-35-42(36-38-43)44-39-40-58-55(41-44)64-52(26-15-31-59(64)74-58)67-71-68(53-27-16-34-62-65(53)51-23-9-12-33-61(51)75-62)73-69(72-67)54-28-13-25-49-48-21-8-11-32-60(48)76-66(49)54/h1-41H. The van der Waals surface area contributed by atoms with Crippen molar-refractivity contribution in [1.82, 2.24) is 15.0 Å². The lowest BCUT2D eigenvalue weighted by molar-refractivity contribution is 0.669. The lowest BCUT2D eigenvalue weighted by atomic mass is 9.67. The first kappa shape index (κ1) is 43.1. The maximum absolute atomic E-state index is 6.68. The van der Waals surface area contributed by atoms with Gasteiger partial charge in [-0.1, -0.05) is 206 Å². The van der Waals surface area contributed by atoms with E-state index in [0.717, 1.165) is 59.8 Å². The van der Waals surface area contributed by atoms with Crippen molar-refractivity contribution >= 4 is 85.0 Å². The van der Waals surface area contributed by atoms with Gasteiger partial charge in [-0.25, -0.2) is 15.0 Å². The molecule has 4 nitrogen and oxygen atoms in total. The highest BCUT2D eigenvalue weighted by molar-refractivity contribution is 7.26. The van der Waals surface area contributed by atoms with Crippen molar-refractivity contribution in [2.24, 2.45) is 0 Å². The van der Waals surface area contributed by atoms with Gasteiger partial charge in [0.15, 0.2) is 17.5 Å². The van der Waals surface area contributed by atoms with Crippen molar-refractivity contribution in [1.29, 1.82) is 0 Å². The SMILES string of the molecule is c1ccc(C2(c3ccccc3)c3ccccc3-c3c(-c4ccc(-c5ccc6oc7cccc(-c8nc(-c9cccc%10c9sc9ccccc9%10)nc(-c9cccc%10sc%11ccccc%11c9%10)n8)c7c6c5)cc4)cccc32)cc1. The summed E-state index contributed by atoms with van der Waals surface area (Å²) in [6.45, 7) is 0. The third kappa shape index (κ3) is 6.38. The van der Waals surface area contributed by atoms with Crippen LogP contribution >= 0.6 is 22.7 Å². The molecule has 16 rings (SSSR count). The number of nitrogens with zero attached hydrogens (tertiary/aromatic N) is 3. The molecule has 4 aromatic heterocycles. The number of hydrogen-bond donors (Lipinski definition) is 0. The van der Waals surface area contributed by atoms with Gasteiger partial charge >= 0.3 is 0 Å². The summed E-state index contributed by atoms with van der Waals surface area (Å²) in [5, 5.41) is 6.76. The largest absolute Gasteiger partial charge is 0.456 e. The molecule has 1 aliphatic rings. The van der Waals surface area contributed by atoms with Gasteiger partial charge in [-0.3, -0.25) is 0 Å². The minimum absolute atomic E-state index is 0.462. The summed E-state index contributed by atoms with van der Waals surface area (Å²) in [6.07, 6.45) is 0. The predicted octanol–water partition coefficient (Wildman–Crippen LogP) is 19.2. The summed E-state index contributed by atoms with van der Waals surface area (Å²) in [5.74, 6) is 1.87. The van der Waals surface area contributed by atoms with E-state index in [2.05, 4.69) is 237 Å². The molecule has 0 saturated carbocycles. The summed E-state index contributed by atoms with van der Waals surface area (Å²) >= 11 is 3.58. The number of hydrogen-bond acceptors (Lipinski definition) is 6. The molecule has 11 aromatic carbocycles.